The number of hydrogen-bond acceptors (Lipinski definition) is 4. The van der Waals surface area contributed by atoms with E-state index in [2.05, 4.69) is 0 Å². The molecule has 8 heteroatoms. The fraction of sp³-hybridized carbons (Fsp3) is 0.278. The molecule has 0 spiro atoms. The number of thiophene rings is 1. The van der Waals surface area contributed by atoms with Gasteiger partial charge >= 0.3 is 0 Å². The number of halogens is 1. The molecule has 0 unspecified atom stereocenters. The van der Waals surface area contributed by atoms with Crippen LogP contribution in [0.15, 0.2) is 52.7 Å². The zero-order valence-electron chi connectivity index (χ0n) is 14.3. The lowest BCUT2D eigenvalue weighted by atomic mass is 10.1. The molecule has 0 bridgehead atoms. The summed E-state index contributed by atoms with van der Waals surface area (Å²) in [6.45, 7) is 3.20. The van der Waals surface area contributed by atoms with E-state index >= 15 is 0 Å². The number of piperazine rings is 1. The van der Waals surface area contributed by atoms with Gasteiger partial charge < -0.3 is 4.90 Å². The molecule has 2 aromatic rings. The Hall–Kier alpha value is -1.67. The predicted octanol–water partition coefficient (Wildman–Crippen LogP) is 3.34. The maximum atomic E-state index is 12.6. The Morgan fingerprint density at radius 3 is 2.31 bits per heavy atom. The number of hydrogen-bond donors (Lipinski definition) is 0. The Labute approximate surface area is 162 Å². The Morgan fingerprint density at radius 2 is 1.73 bits per heavy atom. The minimum atomic E-state index is -3.54. The van der Waals surface area contributed by atoms with Crippen molar-refractivity contribution < 1.29 is 13.2 Å². The second-order valence-corrected chi connectivity index (χ2v) is 9.86. The smallest absolute Gasteiger partial charge is 0.252 e. The topological polar surface area (TPSA) is 57.7 Å². The molecule has 1 saturated heterocycles. The van der Waals surface area contributed by atoms with Crippen LogP contribution in [0.25, 0.3) is 5.57 Å². The van der Waals surface area contributed by atoms with Gasteiger partial charge in [-0.1, -0.05) is 41.9 Å². The van der Waals surface area contributed by atoms with Crippen LogP contribution >= 0.6 is 22.9 Å². The zero-order valence-corrected chi connectivity index (χ0v) is 16.6. The number of sulfonamides is 1. The van der Waals surface area contributed by atoms with E-state index in [-0.39, 0.29) is 23.2 Å². The molecule has 1 aromatic heterocycles. The largest absolute Gasteiger partial charge is 0.337 e. The Bertz CT molecular complexity index is 915. The highest BCUT2D eigenvalue weighted by Gasteiger charge is 2.30. The van der Waals surface area contributed by atoms with E-state index in [0.717, 1.165) is 22.5 Å². The van der Waals surface area contributed by atoms with Crippen molar-refractivity contribution in [2.24, 2.45) is 0 Å². The fourth-order valence-electron chi connectivity index (χ4n) is 2.77. The van der Waals surface area contributed by atoms with Gasteiger partial charge in [0.25, 0.3) is 10.0 Å². The normalized spacial score (nSPS) is 16.7. The Kier molecular flexibility index (Phi) is 5.82. The third kappa shape index (κ3) is 4.17. The van der Waals surface area contributed by atoms with Gasteiger partial charge in [-0.05, 0) is 30.2 Å². The first-order valence-corrected chi connectivity index (χ1v) is 10.8. The van der Waals surface area contributed by atoms with Crippen LogP contribution in [0.3, 0.4) is 0 Å². The Balaban J connectivity index is 1.64. The van der Waals surface area contributed by atoms with E-state index in [1.54, 1.807) is 17.0 Å². The number of allylic oxidation sites excluding steroid dienone is 1. The summed E-state index contributed by atoms with van der Waals surface area (Å²) in [7, 11) is -3.54. The molecule has 138 valence electrons. The molecule has 0 radical (unpaired) electrons. The van der Waals surface area contributed by atoms with Crippen molar-refractivity contribution in [3.05, 3.63) is 58.4 Å². The summed E-state index contributed by atoms with van der Waals surface area (Å²) in [4.78, 5) is 14.2. The summed E-state index contributed by atoms with van der Waals surface area (Å²) in [6.07, 6.45) is 1.61. The molecule has 1 amide bonds. The Morgan fingerprint density at radius 1 is 1.08 bits per heavy atom. The quantitative estimate of drug-likeness (QED) is 0.726. The summed E-state index contributed by atoms with van der Waals surface area (Å²) < 4.78 is 27.3. The van der Waals surface area contributed by atoms with Crippen molar-refractivity contribution in [3.8, 4) is 0 Å². The van der Waals surface area contributed by atoms with Crippen molar-refractivity contribution in [2.75, 3.05) is 26.2 Å². The molecule has 1 aliphatic rings. The van der Waals surface area contributed by atoms with E-state index in [9.17, 15) is 13.2 Å². The van der Waals surface area contributed by atoms with Gasteiger partial charge in [-0.3, -0.25) is 4.79 Å². The third-order valence-corrected chi connectivity index (χ3v) is 7.86. The molecule has 5 nitrogen and oxygen atoms in total. The molecule has 0 atom stereocenters. The standard InChI is InChI=1S/C18H19ClN2O3S2/c1-14(15-5-3-2-4-6-15)13-17(22)20-9-11-21(12-10-20)26(23,24)18-8-7-16(19)25-18/h2-8,13H,9-12H2,1H3/b14-13-. The van der Waals surface area contributed by atoms with Gasteiger partial charge in [0.15, 0.2) is 0 Å². The van der Waals surface area contributed by atoms with Crippen molar-refractivity contribution in [1.29, 1.82) is 0 Å². The van der Waals surface area contributed by atoms with Gasteiger partial charge in [0.1, 0.15) is 4.21 Å². The number of amides is 1. The van der Waals surface area contributed by atoms with Crippen molar-refractivity contribution >= 4 is 44.4 Å². The van der Waals surface area contributed by atoms with Gasteiger partial charge in [-0.25, -0.2) is 8.42 Å². The minimum absolute atomic E-state index is 0.0948. The van der Waals surface area contributed by atoms with Crippen LogP contribution in [0.5, 0.6) is 0 Å². The van der Waals surface area contributed by atoms with E-state index in [4.69, 9.17) is 11.6 Å². The van der Waals surface area contributed by atoms with Crippen LogP contribution in [-0.4, -0.2) is 49.7 Å². The second-order valence-electron chi connectivity index (χ2n) is 5.98. The van der Waals surface area contributed by atoms with Crippen LogP contribution in [0, 0.1) is 0 Å². The maximum Gasteiger partial charge on any atom is 0.252 e. The van der Waals surface area contributed by atoms with Crippen LogP contribution in [0.1, 0.15) is 12.5 Å². The lowest BCUT2D eigenvalue weighted by Gasteiger charge is -2.33. The van der Waals surface area contributed by atoms with E-state index in [1.807, 2.05) is 37.3 Å². The zero-order chi connectivity index (χ0) is 18.7. The molecule has 0 N–H and O–H groups in total. The molecule has 1 fully saturated rings. The van der Waals surface area contributed by atoms with Gasteiger partial charge in [0, 0.05) is 32.3 Å². The molecule has 1 aromatic carbocycles. The summed E-state index contributed by atoms with van der Waals surface area (Å²) in [5.41, 5.74) is 1.88. The molecular weight excluding hydrogens is 392 g/mol. The lowest BCUT2D eigenvalue weighted by molar-refractivity contribution is -0.127. The first kappa shape index (κ1) is 19.1. The average molecular weight is 411 g/mol. The number of carbonyl (C=O) groups excluding carboxylic acids is 1. The molecule has 0 saturated carbocycles. The first-order valence-electron chi connectivity index (χ1n) is 8.16. The van der Waals surface area contributed by atoms with Gasteiger partial charge in [0.05, 0.1) is 4.34 Å². The van der Waals surface area contributed by atoms with Crippen LogP contribution in [-0.2, 0) is 14.8 Å². The highest BCUT2D eigenvalue weighted by molar-refractivity contribution is 7.91. The van der Waals surface area contributed by atoms with Crippen molar-refractivity contribution in [1.82, 2.24) is 9.21 Å². The highest BCUT2D eigenvalue weighted by Crippen LogP contribution is 2.28. The van der Waals surface area contributed by atoms with Crippen LogP contribution < -0.4 is 0 Å². The molecule has 2 heterocycles. The summed E-state index contributed by atoms with van der Waals surface area (Å²) in [5, 5.41) is 0. The van der Waals surface area contributed by atoms with Crippen LogP contribution in [0.4, 0.5) is 0 Å². The molecule has 3 rings (SSSR count). The number of benzene rings is 1. The lowest BCUT2D eigenvalue weighted by Crippen LogP contribution is -2.50. The number of carbonyl (C=O) groups is 1. The van der Waals surface area contributed by atoms with E-state index < -0.39 is 10.0 Å². The third-order valence-electron chi connectivity index (χ3n) is 4.26. The SMILES string of the molecule is C/C(=C/C(=O)N1CCN(S(=O)(=O)c2ccc(Cl)s2)CC1)c1ccccc1. The molecular formula is C18H19ClN2O3S2. The second kappa shape index (κ2) is 7.92. The summed E-state index contributed by atoms with van der Waals surface area (Å²) in [6, 6.07) is 12.8. The monoisotopic (exact) mass is 410 g/mol. The van der Waals surface area contributed by atoms with E-state index in [0.29, 0.717) is 17.4 Å². The average Bonchev–Trinajstić information content (AvgIpc) is 3.10. The first-order chi connectivity index (χ1) is 12.4. The van der Waals surface area contributed by atoms with Crippen molar-refractivity contribution in [2.45, 2.75) is 11.1 Å². The van der Waals surface area contributed by atoms with Gasteiger partial charge in [-0.2, -0.15) is 4.31 Å². The van der Waals surface area contributed by atoms with E-state index in [1.165, 1.54) is 10.4 Å². The summed E-state index contributed by atoms with van der Waals surface area (Å²) >= 11 is 6.89. The van der Waals surface area contributed by atoms with Gasteiger partial charge in [-0.15, -0.1) is 11.3 Å². The predicted molar refractivity (Wildman–Crippen MR) is 105 cm³/mol. The number of rotatable bonds is 4. The van der Waals surface area contributed by atoms with Crippen LogP contribution in [0.2, 0.25) is 4.34 Å². The molecule has 0 aliphatic carbocycles. The maximum absolute atomic E-state index is 12.6. The summed E-state index contributed by atoms with van der Waals surface area (Å²) in [5.74, 6) is -0.0948. The minimum Gasteiger partial charge on any atom is -0.337 e. The molecule has 26 heavy (non-hydrogen) atoms. The number of nitrogens with zero attached hydrogens (tertiary/aromatic N) is 2. The van der Waals surface area contributed by atoms with Crippen molar-refractivity contribution in [3.63, 3.8) is 0 Å². The fourth-order valence-corrected chi connectivity index (χ4v) is 5.83. The van der Waals surface area contributed by atoms with Gasteiger partial charge in [0.2, 0.25) is 5.91 Å². The molecule has 1 aliphatic heterocycles. The highest BCUT2D eigenvalue weighted by atomic mass is 35.5.